The van der Waals surface area contributed by atoms with E-state index in [-0.39, 0.29) is 5.41 Å². The monoisotopic (exact) mass is 253 g/mol. The van der Waals surface area contributed by atoms with Crippen molar-refractivity contribution in [3.63, 3.8) is 0 Å². The minimum absolute atomic E-state index is 0.0345. The minimum Gasteiger partial charge on any atom is -0.339 e. The Balaban J connectivity index is 1.78. The van der Waals surface area contributed by atoms with E-state index < -0.39 is 0 Å². The van der Waals surface area contributed by atoms with Crippen molar-refractivity contribution in [3.05, 3.63) is 11.7 Å². The van der Waals surface area contributed by atoms with Gasteiger partial charge in [-0.3, -0.25) is 0 Å². The fourth-order valence-corrected chi connectivity index (χ4v) is 3.83. The number of nitrogens with zero attached hydrogens (tertiary/aromatic N) is 2. The molecule has 2 unspecified atom stereocenters. The van der Waals surface area contributed by atoms with Crippen molar-refractivity contribution in [1.82, 2.24) is 15.5 Å². The highest BCUT2D eigenvalue weighted by molar-refractivity contribution is 7.99. The molecule has 2 aliphatic heterocycles. The second-order valence-electron chi connectivity index (χ2n) is 5.30. The van der Waals surface area contributed by atoms with E-state index in [9.17, 15) is 0 Å². The zero-order chi connectivity index (χ0) is 11.7. The summed E-state index contributed by atoms with van der Waals surface area (Å²) in [5.41, 5.74) is 0.0345. The van der Waals surface area contributed by atoms with Gasteiger partial charge in [0, 0.05) is 6.54 Å². The first-order chi connectivity index (χ1) is 8.28. The molecule has 2 aliphatic rings. The normalized spacial score (nSPS) is 34.1. The van der Waals surface area contributed by atoms with Gasteiger partial charge in [0.25, 0.3) is 0 Å². The maximum Gasteiger partial charge on any atom is 0.233 e. The zero-order valence-electron chi connectivity index (χ0n) is 10.2. The van der Waals surface area contributed by atoms with Crippen LogP contribution in [0.1, 0.15) is 49.6 Å². The van der Waals surface area contributed by atoms with Gasteiger partial charge in [-0.05, 0) is 44.9 Å². The van der Waals surface area contributed by atoms with Crippen LogP contribution in [0.15, 0.2) is 4.52 Å². The van der Waals surface area contributed by atoms with E-state index in [2.05, 4.69) is 22.4 Å². The van der Waals surface area contributed by atoms with E-state index >= 15 is 0 Å². The van der Waals surface area contributed by atoms with E-state index in [0.29, 0.717) is 5.25 Å². The Morgan fingerprint density at radius 1 is 1.47 bits per heavy atom. The van der Waals surface area contributed by atoms with Crippen molar-refractivity contribution in [2.75, 3.05) is 18.8 Å². The summed E-state index contributed by atoms with van der Waals surface area (Å²) in [7, 11) is 0. The predicted octanol–water partition coefficient (Wildman–Crippen LogP) is 2.28. The highest BCUT2D eigenvalue weighted by atomic mass is 32.2. The Hall–Kier alpha value is -0.550. The number of rotatable bonds is 2. The highest BCUT2D eigenvalue weighted by Crippen LogP contribution is 2.39. The van der Waals surface area contributed by atoms with Crippen LogP contribution in [0.3, 0.4) is 0 Å². The van der Waals surface area contributed by atoms with Gasteiger partial charge in [0.1, 0.15) is 0 Å². The van der Waals surface area contributed by atoms with E-state index in [1.165, 1.54) is 25.0 Å². The third-order valence-electron chi connectivity index (χ3n) is 3.77. The quantitative estimate of drug-likeness (QED) is 0.876. The molecular weight excluding hydrogens is 234 g/mol. The van der Waals surface area contributed by atoms with Gasteiger partial charge in [0.05, 0.1) is 10.7 Å². The fraction of sp³-hybridized carbons (Fsp3) is 0.833. The molecule has 2 saturated heterocycles. The minimum atomic E-state index is 0.0345. The smallest absolute Gasteiger partial charge is 0.233 e. The van der Waals surface area contributed by atoms with Crippen molar-refractivity contribution in [2.24, 2.45) is 0 Å². The first kappa shape index (κ1) is 11.5. The topological polar surface area (TPSA) is 51.0 Å². The van der Waals surface area contributed by atoms with Crippen LogP contribution >= 0.6 is 11.8 Å². The molecule has 94 valence electrons. The molecule has 17 heavy (non-hydrogen) atoms. The first-order valence-corrected chi connectivity index (χ1v) is 7.49. The van der Waals surface area contributed by atoms with Gasteiger partial charge in [-0.15, -0.1) is 0 Å². The lowest BCUT2D eigenvalue weighted by molar-refractivity contribution is 0.244. The van der Waals surface area contributed by atoms with E-state index in [1.807, 2.05) is 11.8 Å². The predicted molar refractivity (Wildman–Crippen MR) is 68.2 cm³/mol. The summed E-state index contributed by atoms with van der Waals surface area (Å²) in [6.07, 6.45) is 4.79. The van der Waals surface area contributed by atoms with Gasteiger partial charge in [-0.2, -0.15) is 16.7 Å². The molecule has 1 N–H and O–H groups in total. The molecule has 0 aromatic carbocycles. The maximum absolute atomic E-state index is 5.51. The van der Waals surface area contributed by atoms with E-state index in [1.54, 1.807) is 0 Å². The third-order valence-corrected chi connectivity index (χ3v) is 5.15. The lowest BCUT2D eigenvalue weighted by Crippen LogP contribution is -2.41. The van der Waals surface area contributed by atoms with E-state index in [0.717, 1.165) is 31.2 Å². The lowest BCUT2D eigenvalue weighted by Gasteiger charge is -2.30. The molecule has 0 radical (unpaired) electrons. The van der Waals surface area contributed by atoms with Crippen LogP contribution < -0.4 is 5.32 Å². The molecule has 0 amide bonds. The van der Waals surface area contributed by atoms with Crippen LogP contribution in [0, 0.1) is 0 Å². The van der Waals surface area contributed by atoms with Crippen LogP contribution in [0.2, 0.25) is 0 Å². The van der Waals surface area contributed by atoms with Crippen molar-refractivity contribution >= 4 is 11.8 Å². The molecule has 3 heterocycles. The fourth-order valence-electron chi connectivity index (χ4n) is 2.63. The van der Waals surface area contributed by atoms with Crippen molar-refractivity contribution < 1.29 is 4.52 Å². The summed E-state index contributed by atoms with van der Waals surface area (Å²) in [4.78, 5) is 4.65. The van der Waals surface area contributed by atoms with Gasteiger partial charge in [-0.25, -0.2) is 0 Å². The molecule has 4 nitrogen and oxygen atoms in total. The van der Waals surface area contributed by atoms with Gasteiger partial charge in [0.2, 0.25) is 5.89 Å². The van der Waals surface area contributed by atoms with Crippen LogP contribution in [-0.4, -0.2) is 29.0 Å². The maximum atomic E-state index is 5.51. The number of piperidine rings is 1. The number of hydrogen-bond acceptors (Lipinski definition) is 5. The summed E-state index contributed by atoms with van der Waals surface area (Å²) in [6, 6.07) is 0. The summed E-state index contributed by atoms with van der Waals surface area (Å²) in [6.45, 7) is 4.28. The van der Waals surface area contributed by atoms with Crippen LogP contribution in [0.25, 0.3) is 0 Å². The van der Waals surface area contributed by atoms with Crippen LogP contribution in [0.4, 0.5) is 0 Å². The average molecular weight is 253 g/mol. The summed E-state index contributed by atoms with van der Waals surface area (Å²) >= 11 is 1.95. The van der Waals surface area contributed by atoms with Crippen molar-refractivity contribution in [2.45, 2.75) is 43.3 Å². The Morgan fingerprint density at radius 3 is 3.12 bits per heavy atom. The van der Waals surface area contributed by atoms with Gasteiger partial charge >= 0.3 is 0 Å². The second kappa shape index (κ2) is 4.61. The van der Waals surface area contributed by atoms with Crippen molar-refractivity contribution in [3.8, 4) is 0 Å². The summed E-state index contributed by atoms with van der Waals surface area (Å²) < 4.78 is 5.51. The molecule has 5 heteroatoms. The number of aromatic nitrogens is 2. The Labute approximate surface area is 106 Å². The molecule has 0 spiro atoms. The number of thioether (sulfide) groups is 1. The van der Waals surface area contributed by atoms with Crippen molar-refractivity contribution in [1.29, 1.82) is 0 Å². The SMILES string of the molecule is CC1(c2nc(C3CCCS3)no2)CCCNC1. The standard InChI is InChI=1S/C12H19N3OS/c1-12(5-3-6-13-8-12)11-14-10(15-16-11)9-4-2-7-17-9/h9,13H,2-8H2,1H3. The van der Waals surface area contributed by atoms with Gasteiger partial charge in [0.15, 0.2) is 5.82 Å². The summed E-state index contributed by atoms with van der Waals surface area (Å²) in [5.74, 6) is 2.97. The first-order valence-electron chi connectivity index (χ1n) is 6.44. The molecule has 0 bridgehead atoms. The highest BCUT2D eigenvalue weighted by Gasteiger charge is 2.35. The lowest BCUT2D eigenvalue weighted by atomic mass is 9.83. The van der Waals surface area contributed by atoms with Gasteiger partial charge in [-0.1, -0.05) is 5.16 Å². The largest absolute Gasteiger partial charge is 0.339 e. The van der Waals surface area contributed by atoms with E-state index in [4.69, 9.17) is 4.52 Å². The molecule has 0 aliphatic carbocycles. The number of nitrogens with one attached hydrogen (secondary N) is 1. The summed E-state index contributed by atoms with van der Waals surface area (Å²) in [5, 5.41) is 8.07. The Morgan fingerprint density at radius 2 is 2.41 bits per heavy atom. The molecule has 0 saturated carbocycles. The number of hydrogen-bond donors (Lipinski definition) is 1. The molecule has 1 aromatic rings. The van der Waals surface area contributed by atoms with Gasteiger partial charge < -0.3 is 9.84 Å². The molecule has 1 aromatic heterocycles. The molecule has 2 fully saturated rings. The Kier molecular flexibility index (Phi) is 3.13. The second-order valence-corrected chi connectivity index (χ2v) is 6.61. The third kappa shape index (κ3) is 2.22. The molecule has 2 atom stereocenters. The molecular formula is C12H19N3OS. The molecule has 3 rings (SSSR count). The van der Waals surface area contributed by atoms with Crippen LogP contribution in [-0.2, 0) is 5.41 Å². The van der Waals surface area contributed by atoms with Crippen LogP contribution in [0.5, 0.6) is 0 Å². The average Bonchev–Trinajstić information content (AvgIpc) is 3.01. The Bertz CT molecular complexity index is 381. The zero-order valence-corrected chi connectivity index (χ0v) is 11.1.